The second-order valence-corrected chi connectivity index (χ2v) is 11.3. The highest BCUT2D eigenvalue weighted by atomic mass is 19.4. The maximum absolute atomic E-state index is 13.7. The number of carbonyl (C=O) groups excluding carboxylic acids is 2. The summed E-state index contributed by atoms with van der Waals surface area (Å²) >= 11 is 0. The smallest absolute Gasteiger partial charge is 0.416 e. The van der Waals surface area contributed by atoms with Gasteiger partial charge >= 0.3 is 6.18 Å². The van der Waals surface area contributed by atoms with Crippen LogP contribution in [0.1, 0.15) is 49.4 Å². The molecule has 9 heteroatoms. The number of ketones is 1. The maximum atomic E-state index is 13.7. The van der Waals surface area contributed by atoms with Crippen LogP contribution in [0.25, 0.3) is 0 Å². The van der Waals surface area contributed by atoms with Crippen LogP contribution in [0.2, 0.25) is 0 Å². The van der Waals surface area contributed by atoms with Crippen LogP contribution in [0.15, 0.2) is 84.1 Å². The summed E-state index contributed by atoms with van der Waals surface area (Å²) in [6.07, 6.45) is -3.63. The van der Waals surface area contributed by atoms with Crippen LogP contribution in [0, 0.1) is 5.41 Å². The minimum absolute atomic E-state index is 0.0942. The predicted molar refractivity (Wildman–Crippen MR) is 151 cm³/mol. The van der Waals surface area contributed by atoms with Gasteiger partial charge in [0.15, 0.2) is 5.78 Å². The number of halogens is 3. The molecule has 1 heterocycles. The third-order valence-electron chi connectivity index (χ3n) is 7.50. The highest BCUT2D eigenvalue weighted by molar-refractivity contribution is 6.01. The number of hydrogen-bond acceptors (Lipinski definition) is 5. The fourth-order valence-corrected chi connectivity index (χ4v) is 5.62. The van der Waals surface area contributed by atoms with Gasteiger partial charge in [0.05, 0.1) is 36.6 Å². The number of allylic oxidation sites excluding steroid dienone is 1. The van der Waals surface area contributed by atoms with Gasteiger partial charge in [-0.25, -0.2) is 0 Å². The highest BCUT2D eigenvalue weighted by Crippen LogP contribution is 2.48. The maximum Gasteiger partial charge on any atom is 0.416 e. The molecule has 0 bridgehead atoms. The number of amides is 1. The first-order valence-corrected chi connectivity index (χ1v) is 13.4. The summed E-state index contributed by atoms with van der Waals surface area (Å²) in [7, 11) is 1.57. The lowest BCUT2D eigenvalue weighted by Crippen LogP contribution is -2.41. The number of nitrogens with one attached hydrogen (secondary N) is 2. The summed E-state index contributed by atoms with van der Waals surface area (Å²) in [6.45, 7) is 4.17. The Kier molecular flexibility index (Phi) is 7.55. The van der Waals surface area contributed by atoms with Gasteiger partial charge in [0, 0.05) is 24.2 Å². The summed E-state index contributed by atoms with van der Waals surface area (Å²) in [4.78, 5) is 29.0. The Hall–Kier alpha value is -4.27. The third kappa shape index (κ3) is 6.09. The minimum Gasteiger partial charge on any atom is -0.497 e. The summed E-state index contributed by atoms with van der Waals surface area (Å²) in [6, 6.07) is 18.9. The lowest BCUT2D eigenvalue weighted by molar-refractivity contribution is -0.137. The van der Waals surface area contributed by atoms with Crippen molar-refractivity contribution < 1.29 is 27.5 Å². The van der Waals surface area contributed by atoms with Gasteiger partial charge in [-0.3, -0.25) is 9.59 Å². The molecule has 3 aromatic carbocycles. The summed E-state index contributed by atoms with van der Waals surface area (Å²) in [5.74, 6) is 0.278. The van der Waals surface area contributed by atoms with Crippen LogP contribution in [0.3, 0.4) is 0 Å². The van der Waals surface area contributed by atoms with Crippen LogP contribution >= 0.6 is 0 Å². The van der Waals surface area contributed by atoms with Crippen LogP contribution < -0.4 is 20.3 Å². The van der Waals surface area contributed by atoms with E-state index in [2.05, 4.69) is 10.6 Å². The SMILES string of the molecule is COc1cccc(CNC(=O)CN2c3ccccc3NC3=C(C(=O)CC(C)(C)C3)C2c2ccc(C(F)(F)F)cc2)c1. The molecule has 2 N–H and O–H groups in total. The molecule has 1 amide bonds. The molecule has 2 aliphatic rings. The zero-order chi connectivity index (χ0) is 29.4. The van der Waals surface area contributed by atoms with Crippen molar-refractivity contribution in [2.24, 2.45) is 5.41 Å². The van der Waals surface area contributed by atoms with Gasteiger partial charge in [-0.15, -0.1) is 0 Å². The van der Waals surface area contributed by atoms with Crippen molar-refractivity contribution in [3.63, 3.8) is 0 Å². The van der Waals surface area contributed by atoms with Gasteiger partial charge in [0.25, 0.3) is 0 Å². The normalized spacial score (nSPS) is 18.1. The zero-order valence-corrected chi connectivity index (χ0v) is 23.1. The Morgan fingerprint density at radius 3 is 2.49 bits per heavy atom. The number of anilines is 2. The molecule has 1 aliphatic carbocycles. The van der Waals surface area contributed by atoms with E-state index in [1.54, 1.807) is 7.11 Å². The van der Waals surface area contributed by atoms with Crippen molar-refractivity contribution in [3.05, 3.63) is 101 Å². The number of carbonyl (C=O) groups is 2. The van der Waals surface area contributed by atoms with Crippen molar-refractivity contribution in [1.29, 1.82) is 0 Å². The molecule has 0 fully saturated rings. The Labute approximate surface area is 237 Å². The summed E-state index contributed by atoms with van der Waals surface area (Å²) in [5, 5.41) is 6.39. The number of benzene rings is 3. The molecule has 1 unspecified atom stereocenters. The summed E-state index contributed by atoms with van der Waals surface area (Å²) < 4.78 is 45.5. The van der Waals surface area contributed by atoms with Crippen LogP contribution in [-0.4, -0.2) is 25.3 Å². The Balaban J connectivity index is 1.56. The van der Waals surface area contributed by atoms with Crippen LogP contribution in [0.5, 0.6) is 5.75 Å². The third-order valence-corrected chi connectivity index (χ3v) is 7.50. The number of hydrogen-bond donors (Lipinski definition) is 2. The van der Waals surface area contributed by atoms with Gasteiger partial charge in [0.2, 0.25) is 5.91 Å². The number of para-hydroxylation sites is 2. The van der Waals surface area contributed by atoms with Crippen LogP contribution in [0.4, 0.5) is 24.5 Å². The van der Waals surface area contributed by atoms with Gasteiger partial charge in [-0.1, -0.05) is 50.2 Å². The number of methoxy groups -OCH3 is 1. The number of ether oxygens (including phenoxy) is 1. The van der Waals surface area contributed by atoms with E-state index in [0.717, 1.165) is 29.1 Å². The number of fused-ring (bicyclic) bond motifs is 1. The van der Waals surface area contributed by atoms with Gasteiger partial charge in [-0.05, 0) is 59.4 Å². The number of rotatable bonds is 6. The van der Waals surface area contributed by atoms with E-state index in [-0.39, 0.29) is 36.6 Å². The first kappa shape index (κ1) is 28.3. The second-order valence-electron chi connectivity index (χ2n) is 11.3. The lowest BCUT2D eigenvalue weighted by atomic mass is 9.73. The molecule has 6 nitrogen and oxygen atoms in total. The average Bonchev–Trinajstić information content (AvgIpc) is 3.05. The Bertz CT molecular complexity index is 1500. The second kappa shape index (κ2) is 11.0. The number of nitrogens with zero attached hydrogens (tertiary/aromatic N) is 1. The molecular formula is C32H32F3N3O3. The molecule has 0 aromatic heterocycles. The topological polar surface area (TPSA) is 70.7 Å². The van der Waals surface area contributed by atoms with E-state index >= 15 is 0 Å². The minimum atomic E-state index is -4.50. The zero-order valence-electron chi connectivity index (χ0n) is 23.1. The lowest BCUT2D eigenvalue weighted by Gasteiger charge is -2.38. The van der Waals surface area contributed by atoms with Gasteiger partial charge < -0.3 is 20.3 Å². The van der Waals surface area contributed by atoms with E-state index < -0.39 is 17.8 Å². The molecular weight excluding hydrogens is 531 g/mol. The molecule has 0 saturated carbocycles. The molecule has 3 aromatic rings. The predicted octanol–water partition coefficient (Wildman–Crippen LogP) is 6.65. The first-order valence-electron chi connectivity index (χ1n) is 13.4. The van der Waals surface area contributed by atoms with Crippen molar-refractivity contribution in [2.75, 3.05) is 23.9 Å². The number of Topliss-reactive ketones (excluding diaryl/α,β-unsaturated/α-hetero) is 1. The molecule has 0 radical (unpaired) electrons. The monoisotopic (exact) mass is 563 g/mol. The quantitative estimate of drug-likeness (QED) is 0.352. The molecule has 214 valence electrons. The van der Waals surface area contributed by atoms with E-state index in [1.807, 2.05) is 67.3 Å². The Morgan fingerprint density at radius 2 is 1.78 bits per heavy atom. The van der Waals surface area contributed by atoms with Crippen molar-refractivity contribution in [1.82, 2.24) is 5.32 Å². The van der Waals surface area contributed by atoms with Crippen molar-refractivity contribution >= 4 is 23.1 Å². The molecule has 5 rings (SSSR count). The van der Waals surface area contributed by atoms with Crippen molar-refractivity contribution in [2.45, 2.75) is 45.5 Å². The van der Waals surface area contributed by atoms with Gasteiger partial charge in [0.1, 0.15) is 5.75 Å². The Morgan fingerprint density at radius 1 is 1.05 bits per heavy atom. The highest BCUT2D eigenvalue weighted by Gasteiger charge is 2.42. The molecule has 1 atom stereocenters. The molecule has 41 heavy (non-hydrogen) atoms. The fraction of sp³-hybridized carbons (Fsp3) is 0.312. The van der Waals surface area contributed by atoms with Crippen molar-refractivity contribution in [3.8, 4) is 5.75 Å². The largest absolute Gasteiger partial charge is 0.497 e. The fourth-order valence-electron chi connectivity index (χ4n) is 5.62. The van der Waals surface area contributed by atoms with E-state index in [1.165, 1.54) is 12.1 Å². The summed E-state index contributed by atoms with van der Waals surface area (Å²) in [5.41, 5.74) is 2.87. The number of alkyl halides is 3. The molecule has 1 aliphatic heterocycles. The van der Waals surface area contributed by atoms with E-state index in [0.29, 0.717) is 29.0 Å². The van der Waals surface area contributed by atoms with Crippen LogP contribution in [-0.2, 0) is 22.3 Å². The molecule has 0 spiro atoms. The van der Waals surface area contributed by atoms with E-state index in [4.69, 9.17) is 4.74 Å². The first-order chi connectivity index (χ1) is 19.4. The van der Waals surface area contributed by atoms with Gasteiger partial charge in [-0.2, -0.15) is 13.2 Å². The standard InChI is InChI=1S/C32H32F3N3O3/c1-31(2)16-25-29(27(39)17-31)30(21-11-13-22(14-12-21)32(33,34)35)38(26-10-5-4-9-24(26)37-25)19-28(40)36-18-20-7-6-8-23(15-20)41-3/h4-15,30,37H,16-19H2,1-3H3,(H,36,40). The van der Waals surface area contributed by atoms with E-state index in [9.17, 15) is 22.8 Å². The average molecular weight is 564 g/mol. The molecule has 0 saturated heterocycles.